The molecule has 1 aliphatic rings. The van der Waals surface area contributed by atoms with Crippen LogP contribution in [0.4, 0.5) is 0 Å². The molecule has 132 valence electrons. The molecule has 3 heteroatoms. The first kappa shape index (κ1) is 18.2. The first-order chi connectivity index (χ1) is 12.1. The molecule has 1 atom stereocenters. The quantitative estimate of drug-likeness (QED) is 0.780. The van der Waals surface area contributed by atoms with E-state index in [1.165, 1.54) is 19.3 Å². The molecule has 1 N–H and O–H groups in total. The lowest BCUT2D eigenvalue weighted by molar-refractivity contribution is 0.115. The van der Waals surface area contributed by atoms with Gasteiger partial charge >= 0.3 is 0 Å². The Kier molecular flexibility index (Phi) is 5.93. The van der Waals surface area contributed by atoms with Crippen LogP contribution in [0.15, 0.2) is 72.1 Å². The molecular formula is C22H27O2P. The van der Waals surface area contributed by atoms with Crippen molar-refractivity contribution in [1.82, 2.24) is 0 Å². The Bertz CT molecular complexity index is 703. The van der Waals surface area contributed by atoms with Crippen LogP contribution >= 0.6 is 7.14 Å². The summed E-state index contributed by atoms with van der Waals surface area (Å²) in [6.07, 6.45) is 5.26. The smallest absolute Gasteiger partial charge is 0.164 e. The van der Waals surface area contributed by atoms with Crippen molar-refractivity contribution in [1.29, 1.82) is 0 Å². The largest absolute Gasteiger partial charge is 0.388 e. The minimum Gasteiger partial charge on any atom is -0.388 e. The highest BCUT2D eigenvalue weighted by atomic mass is 31.2. The van der Waals surface area contributed by atoms with Gasteiger partial charge in [-0.2, -0.15) is 0 Å². The summed E-state index contributed by atoms with van der Waals surface area (Å²) >= 11 is 0. The van der Waals surface area contributed by atoms with E-state index < -0.39 is 13.2 Å². The van der Waals surface area contributed by atoms with E-state index in [0.29, 0.717) is 5.92 Å². The maximum atomic E-state index is 14.0. The van der Waals surface area contributed by atoms with Gasteiger partial charge in [-0.3, -0.25) is 0 Å². The summed E-state index contributed by atoms with van der Waals surface area (Å²) in [6, 6.07) is 19.2. The van der Waals surface area contributed by atoms with Crippen molar-refractivity contribution in [2.45, 2.75) is 45.1 Å². The topological polar surface area (TPSA) is 37.3 Å². The SMILES string of the molecule is C/C(=C\P(=O)(c1ccccc1)c1ccccc1)[C@H](O)C1CCCCC1. The third kappa shape index (κ3) is 4.14. The lowest BCUT2D eigenvalue weighted by Crippen LogP contribution is -2.24. The standard InChI is InChI=1S/C22H27O2P/c1-18(22(23)19-11-5-2-6-12-19)17-25(24,20-13-7-3-8-14-20)21-15-9-4-10-16-21/h3-4,7-10,13-17,19,22-23H,2,5-6,11-12H2,1H3/b18-17+/t22-/m0/s1. The number of rotatable bonds is 5. The van der Waals surface area contributed by atoms with Crippen molar-refractivity contribution >= 4 is 17.8 Å². The average molecular weight is 354 g/mol. The maximum Gasteiger partial charge on any atom is 0.164 e. The van der Waals surface area contributed by atoms with Gasteiger partial charge in [-0.1, -0.05) is 79.9 Å². The number of aliphatic hydroxyl groups is 1. The Hall–Kier alpha value is -1.63. The first-order valence-electron chi connectivity index (χ1n) is 9.19. The molecule has 2 aromatic rings. The Balaban J connectivity index is 1.99. The van der Waals surface area contributed by atoms with E-state index in [1.54, 1.807) is 0 Å². The molecule has 0 radical (unpaired) electrons. The van der Waals surface area contributed by atoms with Crippen LogP contribution in [-0.4, -0.2) is 11.2 Å². The Labute approximate surface area is 151 Å². The second-order valence-corrected chi connectivity index (χ2v) is 9.65. The van der Waals surface area contributed by atoms with Crippen molar-refractivity contribution in [3.8, 4) is 0 Å². The van der Waals surface area contributed by atoms with E-state index >= 15 is 0 Å². The molecule has 1 saturated carbocycles. The molecule has 0 bridgehead atoms. The summed E-state index contributed by atoms with van der Waals surface area (Å²) in [4.78, 5) is 0. The molecule has 25 heavy (non-hydrogen) atoms. The molecule has 2 nitrogen and oxygen atoms in total. The van der Waals surface area contributed by atoms with Gasteiger partial charge in [0.25, 0.3) is 0 Å². The molecule has 0 saturated heterocycles. The summed E-state index contributed by atoms with van der Waals surface area (Å²) in [5.74, 6) is 2.14. The van der Waals surface area contributed by atoms with Gasteiger partial charge in [-0.05, 0) is 37.1 Å². The minimum atomic E-state index is -2.91. The Morgan fingerprint density at radius 2 is 1.44 bits per heavy atom. The lowest BCUT2D eigenvalue weighted by atomic mass is 9.83. The van der Waals surface area contributed by atoms with Gasteiger partial charge in [0.05, 0.1) is 6.10 Å². The van der Waals surface area contributed by atoms with Crippen LogP contribution < -0.4 is 10.6 Å². The van der Waals surface area contributed by atoms with E-state index in [4.69, 9.17) is 0 Å². The molecule has 0 unspecified atom stereocenters. The maximum absolute atomic E-state index is 14.0. The van der Waals surface area contributed by atoms with Gasteiger partial charge in [0.1, 0.15) is 0 Å². The van der Waals surface area contributed by atoms with E-state index in [1.807, 2.05) is 73.4 Å². The van der Waals surface area contributed by atoms with Crippen LogP contribution in [0, 0.1) is 5.92 Å². The zero-order chi connectivity index (χ0) is 17.7. The van der Waals surface area contributed by atoms with Gasteiger partial charge in [-0.15, -0.1) is 0 Å². The summed E-state index contributed by atoms with van der Waals surface area (Å²) in [7, 11) is -2.91. The molecule has 1 fully saturated rings. The predicted molar refractivity (Wildman–Crippen MR) is 106 cm³/mol. The van der Waals surface area contributed by atoms with Crippen molar-refractivity contribution in [3.05, 3.63) is 72.1 Å². The predicted octanol–water partition coefficient (Wildman–Crippen LogP) is 4.85. The van der Waals surface area contributed by atoms with Crippen molar-refractivity contribution in [2.75, 3.05) is 0 Å². The monoisotopic (exact) mass is 354 g/mol. The number of hydrogen-bond donors (Lipinski definition) is 1. The van der Waals surface area contributed by atoms with E-state index in [9.17, 15) is 9.67 Å². The van der Waals surface area contributed by atoms with Crippen LogP contribution in [0.5, 0.6) is 0 Å². The number of hydrogen-bond acceptors (Lipinski definition) is 2. The van der Waals surface area contributed by atoms with Crippen molar-refractivity contribution in [2.24, 2.45) is 5.92 Å². The van der Waals surface area contributed by atoms with E-state index in [0.717, 1.165) is 29.0 Å². The number of benzene rings is 2. The molecule has 0 aliphatic heterocycles. The molecule has 0 spiro atoms. The third-order valence-electron chi connectivity index (χ3n) is 5.23. The first-order valence-corrected chi connectivity index (χ1v) is 11.0. The van der Waals surface area contributed by atoms with Crippen LogP contribution in [-0.2, 0) is 4.57 Å². The number of aliphatic hydroxyl groups excluding tert-OH is 1. The second kappa shape index (κ2) is 8.17. The Morgan fingerprint density at radius 3 is 1.92 bits per heavy atom. The second-order valence-electron chi connectivity index (χ2n) is 7.05. The average Bonchev–Trinajstić information content (AvgIpc) is 2.69. The molecule has 1 aliphatic carbocycles. The van der Waals surface area contributed by atoms with Gasteiger partial charge in [0.2, 0.25) is 0 Å². The summed E-state index contributed by atoms with van der Waals surface area (Å²) in [5.41, 5.74) is 0.836. The minimum absolute atomic E-state index is 0.296. The normalized spacial score (nSPS) is 18.1. The highest BCUT2D eigenvalue weighted by molar-refractivity contribution is 7.81. The highest BCUT2D eigenvalue weighted by Crippen LogP contribution is 2.47. The van der Waals surface area contributed by atoms with Crippen molar-refractivity contribution < 1.29 is 9.67 Å². The highest BCUT2D eigenvalue weighted by Gasteiger charge is 2.28. The summed E-state index contributed by atoms with van der Waals surface area (Å²) in [5, 5.41) is 12.4. The van der Waals surface area contributed by atoms with Gasteiger partial charge in [0.15, 0.2) is 7.14 Å². The van der Waals surface area contributed by atoms with Gasteiger partial charge in [-0.25, -0.2) is 0 Å². The summed E-state index contributed by atoms with van der Waals surface area (Å²) < 4.78 is 14.0. The fraction of sp³-hybridized carbons (Fsp3) is 0.364. The molecule has 0 aromatic heterocycles. The van der Waals surface area contributed by atoms with E-state index in [2.05, 4.69) is 0 Å². The molecule has 0 amide bonds. The fourth-order valence-corrected chi connectivity index (χ4v) is 6.33. The summed E-state index contributed by atoms with van der Waals surface area (Å²) in [6.45, 7) is 1.93. The molecule has 3 rings (SSSR count). The molecular weight excluding hydrogens is 327 g/mol. The zero-order valence-corrected chi connectivity index (χ0v) is 15.7. The van der Waals surface area contributed by atoms with Crippen LogP contribution in [0.2, 0.25) is 0 Å². The molecule has 2 aromatic carbocycles. The van der Waals surface area contributed by atoms with Crippen LogP contribution in [0.3, 0.4) is 0 Å². The lowest BCUT2D eigenvalue weighted by Gasteiger charge is -2.28. The van der Waals surface area contributed by atoms with Gasteiger partial charge < -0.3 is 9.67 Å². The third-order valence-corrected chi connectivity index (χ3v) is 8.13. The van der Waals surface area contributed by atoms with Gasteiger partial charge in [0, 0.05) is 10.6 Å². The van der Waals surface area contributed by atoms with Crippen LogP contribution in [0.25, 0.3) is 0 Å². The van der Waals surface area contributed by atoms with Crippen LogP contribution in [0.1, 0.15) is 39.0 Å². The van der Waals surface area contributed by atoms with Crippen molar-refractivity contribution in [3.63, 3.8) is 0 Å². The fourth-order valence-electron chi connectivity index (χ4n) is 3.78. The van der Waals surface area contributed by atoms with E-state index in [-0.39, 0.29) is 0 Å². The Morgan fingerprint density at radius 1 is 0.960 bits per heavy atom. The molecule has 0 heterocycles. The zero-order valence-electron chi connectivity index (χ0n) is 14.8.